The number of halogens is 1. The van der Waals surface area contributed by atoms with E-state index in [1.54, 1.807) is 24.3 Å². The molecule has 1 saturated carbocycles. The van der Waals surface area contributed by atoms with E-state index in [0.717, 1.165) is 5.56 Å². The molecule has 1 aromatic carbocycles. The molecule has 0 amide bonds. The van der Waals surface area contributed by atoms with E-state index in [1.807, 2.05) is 0 Å². The van der Waals surface area contributed by atoms with Crippen LogP contribution in [0.15, 0.2) is 30.5 Å². The second-order valence-corrected chi connectivity index (χ2v) is 8.31. The molecule has 0 spiro atoms. The fraction of sp³-hybridized carbons (Fsp3) is 0.400. The molecule has 2 aliphatic rings. The number of benzene rings is 1. The van der Waals surface area contributed by atoms with Gasteiger partial charge < -0.3 is 24.4 Å². The molecule has 4 rings (SSSR count). The summed E-state index contributed by atoms with van der Waals surface area (Å²) in [5.41, 5.74) is 1.88. The minimum atomic E-state index is -1.32. The van der Waals surface area contributed by atoms with E-state index in [1.165, 1.54) is 13.1 Å². The summed E-state index contributed by atoms with van der Waals surface area (Å²) in [6.07, 6.45) is -2.31. The van der Waals surface area contributed by atoms with Gasteiger partial charge in [-0.05, 0) is 30.5 Å². The van der Waals surface area contributed by atoms with Crippen LogP contribution in [0.25, 0.3) is 0 Å². The van der Waals surface area contributed by atoms with E-state index in [4.69, 9.17) is 21.1 Å². The normalized spacial score (nSPS) is 23.2. The molecule has 180 valence electrons. The Kier molecular flexibility index (Phi) is 6.39. The average Bonchev–Trinajstić information content (AvgIpc) is 3.35. The number of carbonyl (C=O) groups is 1. The van der Waals surface area contributed by atoms with Crippen LogP contribution in [0, 0.1) is 38.3 Å². The van der Waals surface area contributed by atoms with E-state index in [9.17, 15) is 30.2 Å². The predicted molar refractivity (Wildman–Crippen MR) is 110 cm³/mol. The van der Waals surface area contributed by atoms with Gasteiger partial charge in [-0.3, -0.25) is 4.79 Å². The number of nitrogens with zero attached hydrogens (tertiary/aromatic N) is 3. The maximum Gasteiger partial charge on any atom is 0.314 e. The Hall–Kier alpha value is -3.71. The van der Waals surface area contributed by atoms with Crippen molar-refractivity contribution in [1.82, 2.24) is 0 Å². The highest BCUT2D eigenvalue weighted by Gasteiger charge is 2.44. The molecule has 2 heterocycles. The summed E-state index contributed by atoms with van der Waals surface area (Å²) in [5, 5.41) is 32.3. The first-order valence-electron chi connectivity index (χ1n) is 10.1. The highest BCUT2D eigenvalue weighted by atomic mass is 35.5. The highest BCUT2D eigenvalue weighted by molar-refractivity contribution is 6.30. The Bertz CT molecular complexity index is 1120. The smallest absolute Gasteiger partial charge is 0.314 e. The van der Waals surface area contributed by atoms with Gasteiger partial charge in [0.2, 0.25) is 11.4 Å². The molecule has 14 heteroatoms. The number of hydrogen-bond donors (Lipinski definition) is 0. The molecule has 1 aliphatic heterocycles. The monoisotopic (exact) mass is 495 g/mol. The lowest BCUT2D eigenvalue weighted by atomic mass is 10.00. The topological polar surface area (TPSA) is 167 Å². The van der Waals surface area contributed by atoms with Gasteiger partial charge in [-0.2, -0.15) is 4.73 Å². The summed E-state index contributed by atoms with van der Waals surface area (Å²) in [4.78, 5) is 43.2. The second-order valence-electron chi connectivity index (χ2n) is 7.87. The third-order valence-electron chi connectivity index (χ3n) is 5.81. The van der Waals surface area contributed by atoms with Gasteiger partial charge in [0.25, 0.3) is 10.2 Å². The Morgan fingerprint density at radius 1 is 1.12 bits per heavy atom. The van der Waals surface area contributed by atoms with E-state index >= 15 is 0 Å². The van der Waals surface area contributed by atoms with Crippen molar-refractivity contribution in [3.63, 3.8) is 0 Å². The van der Waals surface area contributed by atoms with Crippen LogP contribution in [-0.2, 0) is 25.8 Å². The summed E-state index contributed by atoms with van der Waals surface area (Å²) in [7, 11) is 0. The Labute approximate surface area is 196 Å². The predicted octanol–water partition coefficient (Wildman–Crippen LogP) is 2.37. The van der Waals surface area contributed by atoms with Crippen LogP contribution in [0.5, 0.6) is 5.75 Å². The molecular formula is C20H18ClN3O10. The molecule has 0 unspecified atom stereocenters. The maximum atomic E-state index is 12.9. The fourth-order valence-electron chi connectivity index (χ4n) is 4.21. The van der Waals surface area contributed by atoms with Gasteiger partial charge >= 0.3 is 5.97 Å². The van der Waals surface area contributed by atoms with Gasteiger partial charge in [-0.1, -0.05) is 23.7 Å². The van der Waals surface area contributed by atoms with Crippen molar-refractivity contribution in [2.75, 3.05) is 0 Å². The molecular weight excluding hydrogens is 478 g/mol. The standard InChI is InChI=1S/C20H18ClN3O10/c1-10-18(32-20(25)12-6-16(33-23(27)28)17(7-12)34-24(29)30)15-9-31-19(14(15)8-22(10)26)11-2-4-13(21)5-3-11/h2-5,8,12,16-17,19H,6-7,9H2,1H3/t12-,16-,17+,19-/m0/s1. The van der Waals surface area contributed by atoms with Crippen molar-refractivity contribution < 1.29 is 38.8 Å². The third kappa shape index (κ3) is 4.65. The molecule has 1 fully saturated rings. The largest absolute Gasteiger partial charge is 0.618 e. The zero-order valence-corrected chi connectivity index (χ0v) is 18.4. The number of hydrogen-bond acceptors (Lipinski definition) is 10. The molecule has 0 saturated heterocycles. The summed E-state index contributed by atoms with van der Waals surface area (Å²) >= 11 is 5.94. The summed E-state index contributed by atoms with van der Waals surface area (Å²) in [5.74, 6) is -1.79. The Balaban J connectivity index is 1.58. The van der Waals surface area contributed by atoms with E-state index < -0.39 is 40.4 Å². The first-order valence-corrected chi connectivity index (χ1v) is 10.5. The molecule has 0 N–H and O–H groups in total. The van der Waals surface area contributed by atoms with Crippen LogP contribution in [0.1, 0.15) is 41.3 Å². The van der Waals surface area contributed by atoms with E-state index in [0.29, 0.717) is 20.9 Å². The first kappa shape index (κ1) is 23.4. The lowest BCUT2D eigenvalue weighted by Crippen LogP contribution is -2.33. The number of pyridine rings is 1. The molecule has 2 aromatic rings. The van der Waals surface area contributed by atoms with E-state index in [-0.39, 0.29) is 30.9 Å². The van der Waals surface area contributed by atoms with Crippen LogP contribution in [-0.4, -0.2) is 28.4 Å². The summed E-state index contributed by atoms with van der Waals surface area (Å²) in [6, 6.07) is 6.88. The van der Waals surface area contributed by atoms with Crippen LogP contribution in [0.4, 0.5) is 0 Å². The van der Waals surface area contributed by atoms with Crippen LogP contribution < -0.4 is 9.47 Å². The SMILES string of the molecule is Cc1c(OC(=O)[C@H]2C[C@H](O[N+](=O)[O-])[C@H](O[N+](=O)[O-])C2)c2c(c[n+]1[O-])[C@H](c1ccc(Cl)cc1)OC2. The Morgan fingerprint density at radius 3 is 2.26 bits per heavy atom. The van der Waals surface area contributed by atoms with Gasteiger partial charge in [0.15, 0.2) is 6.20 Å². The van der Waals surface area contributed by atoms with Crippen molar-refractivity contribution in [3.05, 3.63) is 83.3 Å². The minimum absolute atomic E-state index is 0.0133. The molecule has 1 aromatic heterocycles. The molecule has 34 heavy (non-hydrogen) atoms. The van der Waals surface area contributed by atoms with Gasteiger partial charge in [0.1, 0.15) is 18.3 Å². The molecule has 13 nitrogen and oxygen atoms in total. The first-order chi connectivity index (χ1) is 16.1. The fourth-order valence-corrected chi connectivity index (χ4v) is 4.34. The lowest BCUT2D eigenvalue weighted by molar-refractivity contribution is -0.797. The maximum absolute atomic E-state index is 12.9. The molecule has 1 aliphatic carbocycles. The number of aromatic nitrogens is 1. The van der Waals surface area contributed by atoms with Gasteiger partial charge in [-0.15, -0.1) is 20.2 Å². The van der Waals surface area contributed by atoms with Crippen molar-refractivity contribution in [2.24, 2.45) is 5.92 Å². The van der Waals surface area contributed by atoms with Crippen molar-refractivity contribution in [3.8, 4) is 5.75 Å². The second kappa shape index (κ2) is 9.27. The summed E-state index contributed by atoms with van der Waals surface area (Å²) in [6.45, 7) is 1.54. The van der Waals surface area contributed by atoms with Crippen molar-refractivity contribution in [1.29, 1.82) is 0 Å². The molecule has 0 radical (unpaired) electrons. The lowest BCUT2D eigenvalue weighted by Gasteiger charge is -2.15. The number of carbonyl (C=O) groups excluding carboxylic acids is 1. The number of ether oxygens (including phenoxy) is 2. The Morgan fingerprint density at radius 2 is 1.71 bits per heavy atom. The zero-order valence-electron chi connectivity index (χ0n) is 17.6. The van der Waals surface area contributed by atoms with Gasteiger partial charge in [-0.25, -0.2) is 0 Å². The number of esters is 1. The van der Waals surface area contributed by atoms with Crippen LogP contribution in [0.3, 0.4) is 0 Å². The van der Waals surface area contributed by atoms with Gasteiger partial charge in [0.05, 0.1) is 18.1 Å². The third-order valence-corrected chi connectivity index (χ3v) is 6.07. The molecule has 0 bridgehead atoms. The zero-order chi connectivity index (χ0) is 24.6. The number of fused-ring (bicyclic) bond motifs is 1. The van der Waals surface area contributed by atoms with Crippen LogP contribution >= 0.6 is 11.6 Å². The quantitative estimate of drug-likeness (QED) is 0.183. The number of rotatable bonds is 7. The van der Waals surface area contributed by atoms with Crippen molar-refractivity contribution >= 4 is 17.6 Å². The minimum Gasteiger partial charge on any atom is -0.618 e. The van der Waals surface area contributed by atoms with Crippen LogP contribution in [0.2, 0.25) is 5.02 Å². The summed E-state index contributed by atoms with van der Waals surface area (Å²) < 4.78 is 12.0. The highest BCUT2D eigenvalue weighted by Crippen LogP contribution is 2.41. The van der Waals surface area contributed by atoms with E-state index in [2.05, 4.69) is 9.68 Å². The van der Waals surface area contributed by atoms with Crippen molar-refractivity contribution in [2.45, 2.75) is 44.7 Å². The van der Waals surface area contributed by atoms with Gasteiger partial charge in [0, 0.05) is 17.5 Å². The molecule has 4 atom stereocenters. The average molecular weight is 496 g/mol.